The SMILES string of the molecule is Cc1cnc(-c2cccc(NC(=O)C3(C)CC3)c2F)cc1-n1c(C)cc([C@H]2C[C@@H]2c2cnn3c2CCC3)c(Cl)c1=O. The van der Waals surface area contributed by atoms with Crippen LogP contribution in [0.1, 0.15) is 72.5 Å². The Kier molecular flexibility index (Phi) is 5.98. The van der Waals surface area contributed by atoms with Crippen molar-refractivity contribution in [3.8, 4) is 16.9 Å². The highest BCUT2D eigenvalue weighted by Crippen LogP contribution is 2.57. The first-order valence-corrected chi connectivity index (χ1v) is 14.6. The normalized spacial score (nSPS) is 20.1. The lowest BCUT2D eigenvalue weighted by Gasteiger charge is -2.17. The monoisotopic (exact) mass is 571 g/mol. The summed E-state index contributed by atoms with van der Waals surface area (Å²) < 4.78 is 19.3. The van der Waals surface area contributed by atoms with Gasteiger partial charge in [-0.05, 0) is 98.7 Å². The number of carbonyl (C=O) groups excluding carboxylic acids is 1. The number of aromatic nitrogens is 4. The topological polar surface area (TPSA) is 81.8 Å². The standard InChI is InChI=1S/C32H31ClFN5O2/c1-17-15-35-25(19-6-4-7-24(29(19)34)37-31(41)32(3)9-10-32)14-27(17)39-18(2)12-22(28(33)30(39)40)20-13-21(20)23-16-36-38-11-5-8-26(23)38/h4,6-7,12,14-16,20-21H,5,8-11,13H2,1-3H3,(H,37,41)/t20-,21-/m0/s1. The van der Waals surface area contributed by atoms with Crippen LogP contribution < -0.4 is 10.9 Å². The van der Waals surface area contributed by atoms with Crippen LogP contribution >= 0.6 is 11.6 Å². The summed E-state index contributed by atoms with van der Waals surface area (Å²) in [6, 6.07) is 8.58. The van der Waals surface area contributed by atoms with Gasteiger partial charge in [0.05, 0.1) is 23.3 Å². The highest BCUT2D eigenvalue weighted by Gasteiger charge is 2.45. The molecule has 0 unspecified atom stereocenters. The van der Waals surface area contributed by atoms with E-state index in [0.29, 0.717) is 17.3 Å². The van der Waals surface area contributed by atoms with Crippen molar-refractivity contribution in [3.63, 3.8) is 0 Å². The molecule has 2 atom stereocenters. The molecule has 7 nitrogen and oxygen atoms in total. The number of benzene rings is 1. The molecule has 9 heteroatoms. The van der Waals surface area contributed by atoms with E-state index in [4.69, 9.17) is 11.6 Å². The van der Waals surface area contributed by atoms with Crippen molar-refractivity contribution in [1.29, 1.82) is 0 Å². The van der Waals surface area contributed by atoms with Crippen LogP contribution in [0, 0.1) is 25.1 Å². The molecule has 41 heavy (non-hydrogen) atoms. The molecule has 0 spiro atoms. The van der Waals surface area contributed by atoms with Crippen LogP contribution in [-0.2, 0) is 17.8 Å². The summed E-state index contributed by atoms with van der Waals surface area (Å²) in [6.07, 6.45) is 8.33. The first-order chi connectivity index (χ1) is 19.7. The summed E-state index contributed by atoms with van der Waals surface area (Å²) in [4.78, 5) is 30.8. The minimum atomic E-state index is -0.559. The molecule has 1 aromatic carbocycles. The summed E-state index contributed by atoms with van der Waals surface area (Å²) in [5, 5.41) is 7.50. The molecule has 0 bridgehead atoms. The molecule has 0 saturated heterocycles. The summed E-state index contributed by atoms with van der Waals surface area (Å²) in [6.45, 7) is 6.60. The highest BCUT2D eigenvalue weighted by molar-refractivity contribution is 6.31. The van der Waals surface area contributed by atoms with Gasteiger partial charge in [0.1, 0.15) is 5.02 Å². The molecule has 7 rings (SSSR count). The Labute approximate surface area is 242 Å². The molecule has 1 aliphatic heterocycles. The predicted octanol–water partition coefficient (Wildman–Crippen LogP) is 6.46. The first-order valence-electron chi connectivity index (χ1n) is 14.2. The Morgan fingerprint density at radius 1 is 1.15 bits per heavy atom. The van der Waals surface area contributed by atoms with Gasteiger partial charge in [-0.25, -0.2) is 4.39 Å². The van der Waals surface area contributed by atoms with Crippen molar-refractivity contribution in [2.24, 2.45) is 5.41 Å². The molecule has 2 saturated carbocycles. The van der Waals surface area contributed by atoms with E-state index in [2.05, 4.69) is 20.1 Å². The Morgan fingerprint density at radius 3 is 2.71 bits per heavy atom. The Balaban J connectivity index is 1.22. The highest BCUT2D eigenvalue weighted by atomic mass is 35.5. The van der Waals surface area contributed by atoms with Crippen LogP contribution in [0.3, 0.4) is 0 Å². The van der Waals surface area contributed by atoms with E-state index in [1.165, 1.54) is 11.3 Å². The van der Waals surface area contributed by atoms with E-state index in [9.17, 15) is 9.59 Å². The number of rotatable bonds is 6. The number of fused-ring (bicyclic) bond motifs is 1. The van der Waals surface area contributed by atoms with Gasteiger partial charge in [0, 0.05) is 35.1 Å². The molecule has 4 aromatic rings. The lowest BCUT2D eigenvalue weighted by atomic mass is 10.0. The van der Waals surface area contributed by atoms with E-state index in [0.717, 1.165) is 55.5 Å². The van der Waals surface area contributed by atoms with Crippen LogP contribution in [0.5, 0.6) is 0 Å². The van der Waals surface area contributed by atoms with Crippen LogP contribution in [0.4, 0.5) is 10.1 Å². The van der Waals surface area contributed by atoms with Gasteiger partial charge in [-0.3, -0.25) is 23.8 Å². The molecule has 2 aliphatic carbocycles. The molecule has 3 aliphatic rings. The average Bonchev–Trinajstić information content (AvgIpc) is 3.80. The van der Waals surface area contributed by atoms with Crippen molar-refractivity contribution in [2.75, 3.05) is 5.32 Å². The Hall–Kier alpha value is -3.78. The molecule has 1 amide bonds. The second-order valence-corrected chi connectivity index (χ2v) is 12.4. The zero-order valence-corrected chi connectivity index (χ0v) is 24.1. The van der Waals surface area contributed by atoms with Gasteiger partial charge in [-0.2, -0.15) is 5.10 Å². The fourth-order valence-electron chi connectivity index (χ4n) is 6.20. The van der Waals surface area contributed by atoms with Crippen LogP contribution in [0.15, 0.2) is 47.5 Å². The molecule has 3 aromatic heterocycles. The first kappa shape index (κ1) is 26.1. The number of amides is 1. The maximum absolute atomic E-state index is 15.6. The number of nitrogens with one attached hydrogen (secondary N) is 1. The Bertz CT molecular complexity index is 1800. The van der Waals surface area contributed by atoms with Gasteiger partial charge in [0.25, 0.3) is 5.56 Å². The third-order valence-corrected chi connectivity index (χ3v) is 9.48. The number of aryl methyl sites for hydroxylation is 3. The van der Waals surface area contributed by atoms with Gasteiger partial charge in [0.2, 0.25) is 5.91 Å². The van der Waals surface area contributed by atoms with Gasteiger partial charge in [0.15, 0.2) is 5.82 Å². The van der Waals surface area contributed by atoms with E-state index >= 15 is 4.39 Å². The summed E-state index contributed by atoms with van der Waals surface area (Å²) in [7, 11) is 0. The number of pyridine rings is 2. The molecule has 210 valence electrons. The second-order valence-electron chi connectivity index (χ2n) is 12.1. The maximum Gasteiger partial charge on any atom is 0.274 e. The minimum Gasteiger partial charge on any atom is -0.323 e. The second kappa shape index (κ2) is 9.38. The summed E-state index contributed by atoms with van der Waals surface area (Å²) in [5.41, 5.74) is 5.57. The third-order valence-electron chi connectivity index (χ3n) is 9.10. The zero-order valence-electron chi connectivity index (χ0n) is 23.3. The molecule has 0 radical (unpaired) electrons. The predicted molar refractivity (Wildman–Crippen MR) is 156 cm³/mol. The number of hydrogen-bond acceptors (Lipinski definition) is 4. The fourth-order valence-corrected chi connectivity index (χ4v) is 6.48. The van der Waals surface area contributed by atoms with Gasteiger partial charge >= 0.3 is 0 Å². The van der Waals surface area contributed by atoms with E-state index in [-0.39, 0.29) is 33.7 Å². The summed E-state index contributed by atoms with van der Waals surface area (Å²) >= 11 is 6.77. The van der Waals surface area contributed by atoms with Crippen LogP contribution in [0.2, 0.25) is 5.02 Å². The van der Waals surface area contributed by atoms with Gasteiger partial charge in [-0.1, -0.05) is 24.6 Å². The summed E-state index contributed by atoms with van der Waals surface area (Å²) in [5.74, 6) is -0.219. The Morgan fingerprint density at radius 2 is 1.93 bits per heavy atom. The van der Waals surface area contributed by atoms with Crippen molar-refractivity contribution < 1.29 is 9.18 Å². The van der Waals surface area contributed by atoms with Crippen molar-refractivity contribution in [3.05, 3.63) is 92.0 Å². The quantitative estimate of drug-likeness (QED) is 0.288. The lowest BCUT2D eigenvalue weighted by Crippen LogP contribution is -2.23. The zero-order chi connectivity index (χ0) is 28.6. The smallest absolute Gasteiger partial charge is 0.274 e. The van der Waals surface area contributed by atoms with E-state index in [1.54, 1.807) is 35.0 Å². The van der Waals surface area contributed by atoms with Gasteiger partial charge in [-0.15, -0.1) is 0 Å². The van der Waals surface area contributed by atoms with Crippen molar-refractivity contribution >= 4 is 23.2 Å². The maximum atomic E-state index is 15.6. The largest absolute Gasteiger partial charge is 0.323 e. The lowest BCUT2D eigenvalue weighted by molar-refractivity contribution is -0.120. The van der Waals surface area contributed by atoms with Crippen LogP contribution in [0.25, 0.3) is 16.9 Å². The van der Waals surface area contributed by atoms with E-state index in [1.807, 2.05) is 33.0 Å². The molecule has 1 N–H and O–H groups in total. The number of nitrogens with zero attached hydrogens (tertiary/aromatic N) is 4. The average molecular weight is 572 g/mol. The molecule has 4 heterocycles. The van der Waals surface area contributed by atoms with Crippen molar-refractivity contribution in [2.45, 2.75) is 71.3 Å². The number of carbonyl (C=O) groups is 1. The third kappa shape index (κ3) is 4.31. The molecule has 2 fully saturated rings. The number of anilines is 1. The molecular weight excluding hydrogens is 541 g/mol. The fraction of sp³-hybridized carbons (Fsp3) is 0.375. The van der Waals surface area contributed by atoms with Gasteiger partial charge < -0.3 is 5.32 Å². The number of halogens is 2. The molecular formula is C32H31ClFN5O2. The van der Waals surface area contributed by atoms with Crippen LogP contribution in [-0.4, -0.2) is 25.2 Å². The van der Waals surface area contributed by atoms with E-state index < -0.39 is 11.2 Å². The minimum absolute atomic E-state index is 0.119. The van der Waals surface area contributed by atoms with Crippen molar-refractivity contribution in [1.82, 2.24) is 19.3 Å². The number of hydrogen-bond donors (Lipinski definition) is 1.